The molecule has 2 aliphatic heterocycles. The van der Waals surface area contributed by atoms with Gasteiger partial charge in [0.2, 0.25) is 6.73 Å². The lowest BCUT2D eigenvalue weighted by molar-refractivity contribution is -0.915. The average Bonchev–Trinajstić information content (AvgIpc) is 3.06. The molecule has 0 spiro atoms. The van der Waals surface area contributed by atoms with Crippen molar-refractivity contribution in [1.29, 1.82) is 0 Å². The van der Waals surface area contributed by atoms with Gasteiger partial charge >= 0.3 is 5.97 Å². The fourth-order valence-electron chi connectivity index (χ4n) is 5.84. The average molecular weight is 568 g/mol. The number of likely N-dealkylation sites (N-methyl/N-ethyl adjacent to an activating group) is 1. The van der Waals surface area contributed by atoms with Crippen molar-refractivity contribution in [2.75, 3.05) is 26.9 Å². The second kappa shape index (κ2) is 9.15. The molecular formula is C26H31ClINO3. The van der Waals surface area contributed by atoms with E-state index in [1.54, 1.807) is 0 Å². The van der Waals surface area contributed by atoms with Crippen molar-refractivity contribution in [3.63, 3.8) is 0 Å². The van der Waals surface area contributed by atoms with E-state index in [0.29, 0.717) is 17.1 Å². The molecule has 1 saturated carbocycles. The summed E-state index contributed by atoms with van der Waals surface area (Å²) in [6, 6.07) is 14.2. The number of quaternary nitrogens is 1. The van der Waals surface area contributed by atoms with E-state index in [2.05, 4.69) is 26.1 Å². The number of ether oxygens (including phenoxy) is 2. The van der Waals surface area contributed by atoms with Gasteiger partial charge in [0.25, 0.3) is 0 Å². The Bertz CT molecular complexity index is 1010. The van der Waals surface area contributed by atoms with Gasteiger partial charge < -0.3 is 33.5 Å². The molecule has 6 heteroatoms. The van der Waals surface area contributed by atoms with Gasteiger partial charge in [-0.1, -0.05) is 49.1 Å². The van der Waals surface area contributed by atoms with Crippen LogP contribution in [0.1, 0.15) is 62.0 Å². The van der Waals surface area contributed by atoms with Crippen LogP contribution >= 0.6 is 11.6 Å². The summed E-state index contributed by atoms with van der Waals surface area (Å²) in [6.07, 6.45) is 5.35. The highest BCUT2D eigenvalue weighted by Gasteiger charge is 2.48. The standard InChI is InChI=1S/C26H31ClNO3.HI/c1-26(12-6-3-7-13-26)25(29)30-17-28(2)15-21-19-8-4-5-9-23(19)31-24-11-10-18(27)14-20(24)22(21)16-28;/h4-5,8-11,14,21-22H,3,6-7,12-13,15-17H2,1-2H3;1H/q+1;/p-1. The molecule has 0 bridgehead atoms. The van der Waals surface area contributed by atoms with Crippen molar-refractivity contribution in [2.24, 2.45) is 5.41 Å². The van der Waals surface area contributed by atoms with Crippen molar-refractivity contribution >= 4 is 17.6 Å². The lowest BCUT2D eigenvalue weighted by Gasteiger charge is -2.34. The van der Waals surface area contributed by atoms with E-state index >= 15 is 0 Å². The van der Waals surface area contributed by atoms with Crippen LogP contribution in [0.3, 0.4) is 0 Å². The molecule has 4 nitrogen and oxygen atoms in total. The number of likely N-dealkylation sites (tertiary alicyclic amines) is 1. The maximum atomic E-state index is 13.0. The zero-order valence-electron chi connectivity index (χ0n) is 18.8. The number of benzene rings is 2. The van der Waals surface area contributed by atoms with Crippen LogP contribution in [-0.4, -0.2) is 37.3 Å². The number of para-hydroxylation sites is 1. The number of carbonyl (C=O) groups excluding carboxylic acids is 1. The minimum absolute atomic E-state index is 0. The molecule has 2 aromatic rings. The molecule has 0 amide bonds. The molecule has 32 heavy (non-hydrogen) atoms. The zero-order valence-corrected chi connectivity index (χ0v) is 21.7. The summed E-state index contributed by atoms with van der Waals surface area (Å²) in [7, 11) is 2.21. The summed E-state index contributed by atoms with van der Waals surface area (Å²) in [5.41, 5.74) is 2.07. The summed E-state index contributed by atoms with van der Waals surface area (Å²) in [5, 5.41) is 0.727. The van der Waals surface area contributed by atoms with Crippen LogP contribution in [0.4, 0.5) is 0 Å². The van der Waals surface area contributed by atoms with E-state index in [0.717, 1.165) is 60.9 Å². The fraction of sp³-hybridized carbons (Fsp3) is 0.500. The smallest absolute Gasteiger partial charge is 0.316 e. The Morgan fingerprint density at radius 1 is 1.06 bits per heavy atom. The van der Waals surface area contributed by atoms with Gasteiger partial charge in [-0.2, -0.15) is 0 Å². The van der Waals surface area contributed by atoms with Crippen LogP contribution < -0.4 is 28.7 Å². The first kappa shape index (κ1) is 23.8. The molecule has 3 aliphatic rings. The van der Waals surface area contributed by atoms with Gasteiger partial charge in [0, 0.05) is 28.0 Å². The van der Waals surface area contributed by atoms with E-state index in [4.69, 9.17) is 21.1 Å². The highest BCUT2D eigenvalue weighted by atomic mass is 127. The van der Waals surface area contributed by atoms with Crippen LogP contribution in [0.15, 0.2) is 42.5 Å². The maximum absolute atomic E-state index is 13.0. The second-order valence-electron chi connectivity index (χ2n) is 10.2. The zero-order chi connectivity index (χ0) is 21.6. The predicted molar refractivity (Wildman–Crippen MR) is 122 cm³/mol. The van der Waals surface area contributed by atoms with E-state index in [-0.39, 0.29) is 41.3 Å². The molecule has 0 N–H and O–H groups in total. The largest absolute Gasteiger partial charge is 1.00 e. The fourth-order valence-corrected chi connectivity index (χ4v) is 6.02. The molecule has 2 heterocycles. The summed E-state index contributed by atoms with van der Waals surface area (Å²) < 4.78 is 13.0. The Labute approximate surface area is 212 Å². The van der Waals surface area contributed by atoms with Crippen LogP contribution in [0.5, 0.6) is 11.5 Å². The lowest BCUT2D eigenvalue weighted by Crippen LogP contribution is -3.00. The van der Waals surface area contributed by atoms with Crippen LogP contribution in [0.25, 0.3) is 0 Å². The summed E-state index contributed by atoms with van der Waals surface area (Å²) in [5.74, 6) is 2.34. The van der Waals surface area contributed by atoms with Crippen molar-refractivity contribution in [3.8, 4) is 11.5 Å². The molecule has 5 rings (SSSR count). The number of hydrogen-bond donors (Lipinski definition) is 0. The molecule has 0 radical (unpaired) electrons. The number of fused-ring (bicyclic) bond motifs is 5. The van der Waals surface area contributed by atoms with E-state index in [1.807, 2.05) is 30.3 Å². The molecule has 1 aliphatic carbocycles. The first-order chi connectivity index (χ1) is 14.9. The van der Waals surface area contributed by atoms with Crippen molar-refractivity contribution in [2.45, 2.75) is 50.9 Å². The molecule has 0 aromatic heterocycles. The number of nitrogens with zero attached hydrogens (tertiary/aromatic N) is 1. The molecule has 1 saturated heterocycles. The summed E-state index contributed by atoms with van der Waals surface area (Å²) in [4.78, 5) is 13.0. The minimum atomic E-state index is -0.318. The predicted octanol–water partition coefficient (Wildman–Crippen LogP) is 3.25. The Morgan fingerprint density at radius 2 is 1.72 bits per heavy atom. The third kappa shape index (κ3) is 4.40. The number of carbonyl (C=O) groups is 1. The van der Waals surface area contributed by atoms with E-state index in [1.165, 1.54) is 12.0 Å². The van der Waals surface area contributed by atoms with Crippen molar-refractivity contribution in [1.82, 2.24) is 0 Å². The number of esters is 1. The SMILES string of the molecule is CC1(C(=O)OC[N+]2(C)CC3c4ccccc4Oc4ccc(Cl)cc4C3C2)CCCCC1.[I-]. The first-order valence-electron chi connectivity index (χ1n) is 11.4. The van der Waals surface area contributed by atoms with E-state index in [9.17, 15) is 4.79 Å². The molecular weight excluding hydrogens is 537 g/mol. The van der Waals surface area contributed by atoms with Crippen LogP contribution in [-0.2, 0) is 9.53 Å². The Hall–Kier alpha value is -1.31. The Morgan fingerprint density at radius 3 is 2.47 bits per heavy atom. The van der Waals surface area contributed by atoms with Gasteiger partial charge in [-0.15, -0.1) is 0 Å². The van der Waals surface area contributed by atoms with Crippen LogP contribution in [0.2, 0.25) is 5.02 Å². The summed E-state index contributed by atoms with van der Waals surface area (Å²) in [6.45, 7) is 4.29. The third-order valence-corrected chi connectivity index (χ3v) is 7.86. The maximum Gasteiger partial charge on any atom is 0.316 e. The Kier molecular flexibility index (Phi) is 6.81. The van der Waals surface area contributed by atoms with Crippen molar-refractivity contribution < 1.29 is 42.7 Å². The molecule has 3 atom stereocenters. The first-order valence-corrected chi connectivity index (χ1v) is 11.8. The van der Waals surface area contributed by atoms with Crippen LogP contribution in [0, 0.1) is 5.41 Å². The normalized spacial score (nSPS) is 27.6. The van der Waals surface area contributed by atoms with Gasteiger partial charge in [0.1, 0.15) is 11.5 Å². The number of rotatable bonds is 3. The molecule has 3 unspecified atom stereocenters. The number of halogens is 2. The van der Waals surface area contributed by atoms with Gasteiger partial charge in [0.05, 0.1) is 25.6 Å². The number of hydrogen-bond acceptors (Lipinski definition) is 3. The molecule has 172 valence electrons. The monoisotopic (exact) mass is 567 g/mol. The highest BCUT2D eigenvalue weighted by Crippen LogP contribution is 2.51. The third-order valence-electron chi connectivity index (χ3n) is 7.63. The molecule has 2 fully saturated rings. The van der Waals surface area contributed by atoms with Gasteiger partial charge in [-0.25, -0.2) is 0 Å². The van der Waals surface area contributed by atoms with Gasteiger partial charge in [-0.3, -0.25) is 9.28 Å². The summed E-state index contributed by atoms with van der Waals surface area (Å²) >= 11 is 6.38. The topological polar surface area (TPSA) is 35.5 Å². The minimum Gasteiger partial charge on any atom is -1.00 e. The Balaban J connectivity index is 0.00000245. The van der Waals surface area contributed by atoms with Gasteiger partial charge in [-0.05, 0) is 44.0 Å². The molecule has 2 aromatic carbocycles. The van der Waals surface area contributed by atoms with E-state index < -0.39 is 0 Å². The highest BCUT2D eigenvalue weighted by molar-refractivity contribution is 6.30. The second-order valence-corrected chi connectivity index (χ2v) is 10.6. The van der Waals surface area contributed by atoms with Crippen molar-refractivity contribution in [3.05, 3.63) is 58.6 Å². The lowest BCUT2D eigenvalue weighted by atomic mass is 9.76. The quantitative estimate of drug-likeness (QED) is 0.325. The van der Waals surface area contributed by atoms with Gasteiger partial charge in [0.15, 0.2) is 0 Å².